The van der Waals surface area contributed by atoms with Gasteiger partial charge >= 0.3 is 11.9 Å². The largest absolute Gasteiger partial charge is 0.481 e. The fourth-order valence-corrected chi connectivity index (χ4v) is 1.31. The van der Waals surface area contributed by atoms with Crippen molar-refractivity contribution in [3.05, 3.63) is 35.4 Å². The Kier molecular flexibility index (Phi) is 3.62. The van der Waals surface area contributed by atoms with Crippen LogP contribution in [0.1, 0.15) is 11.1 Å². The Balaban J connectivity index is 2.99. The van der Waals surface area contributed by atoms with Crippen LogP contribution in [-0.2, 0) is 16.0 Å². The van der Waals surface area contributed by atoms with Gasteiger partial charge in [0.05, 0.1) is 11.6 Å². The number of hydrogen-bond donors (Lipinski definition) is 2. The minimum Gasteiger partial charge on any atom is -0.481 e. The summed E-state index contributed by atoms with van der Waals surface area (Å²) in [5.41, 5.74) is 0.731. The maximum absolute atomic E-state index is 10.7. The minimum absolute atomic E-state index is 0.186. The Morgan fingerprint density at radius 3 is 2.31 bits per heavy atom. The second-order valence-electron chi connectivity index (χ2n) is 3.20. The summed E-state index contributed by atoms with van der Waals surface area (Å²) in [6, 6.07) is 8.24. The van der Waals surface area contributed by atoms with E-state index in [0.29, 0.717) is 11.1 Å². The Labute approximate surface area is 91.6 Å². The van der Waals surface area contributed by atoms with Crippen LogP contribution in [0.5, 0.6) is 0 Å². The fourth-order valence-electron chi connectivity index (χ4n) is 1.31. The van der Waals surface area contributed by atoms with Gasteiger partial charge in [0, 0.05) is 0 Å². The van der Waals surface area contributed by atoms with Gasteiger partial charge in [-0.25, -0.2) is 0 Å². The van der Waals surface area contributed by atoms with Crippen molar-refractivity contribution in [2.24, 2.45) is 5.92 Å². The van der Waals surface area contributed by atoms with Gasteiger partial charge in [0.15, 0.2) is 5.92 Å². The van der Waals surface area contributed by atoms with Gasteiger partial charge in [0.25, 0.3) is 0 Å². The molecule has 0 unspecified atom stereocenters. The Hall–Kier alpha value is -2.35. The van der Waals surface area contributed by atoms with Crippen molar-refractivity contribution in [2.45, 2.75) is 6.42 Å². The van der Waals surface area contributed by atoms with Crippen LogP contribution >= 0.6 is 0 Å². The second-order valence-corrected chi connectivity index (χ2v) is 3.20. The molecule has 0 bridgehead atoms. The van der Waals surface area contributed by atoms with E-state index in [0.717, 1.165) is 0 Å². The lowest BCUT2D eigenvalue weighted by atomic mass is 9.96. The highest BCUT2D eigenvalue weighted by Crippen LogP contribution is 2.14. The van der Waals surface area contributed by atoms with Crippen LogP contribution in [0, 0.1) is 17.2 Å². The SMILES string of the molecule is N#Cc1ccccc1CC(C(=O)O)C(=O)O. The molecule has 82 valence electrons. The predicted octanol–water partition coefficient (Wildman–Crippen LogP) is 0.886. The smallest absolute Gasteiger partial charge is 0.318 e. The van der Waals surface area contributed by atoms with E-state index >= 15 is 0 Å². The summed E-state index contributed by atoms with van der Waals surface area (Å²) in [5.74, 6) is -4.32. The lowest BCUT2D eigenvalue weighted by Crippen LogP contribution is -2.25. The van der Waals surface area contributed by atoms with Crippen molar-refractivity contribution in [3.8, 4) is 6.07 Å². The number of hydrogen-bond acceptors (Lipinski definition) is 3. The number of carboxylic acids is 2. The van der Waals surface area contributed by atoms with Crippen LogP contribution in [0.25, 0.3) is 0 Å². The average Bonchev–Trinajstić information content (AvgIpc) is 2.25. The maximum atomic E-state index is 10.7. The van der Waals surface area contributed by atoms with Crippen LogP contribution < -0.4 is 0 Å². The molecular formula is C11H9NO4. The highest BCUT2D eigenvalue weighted by Gasteiger charge is 2.26. The monoisotopic (exact) mass is 219 g/mol. The van der Waals surface area contributed by atoms with E-state index < -0.39 is 17.9 Å². The molecule has 0 aliphatic heterocycles. The summed E-state index contributed by atoms with van der Waals surface area (Å²) in [6.07, 6.45) is -0.186. The van der Waals surface area contributed by atoms with Gasteiger partial charge in [-0.15, -0.1) is 0 Å². The first kappa shape index (κ1) is 11.7. The molecule has 0 radical (unpaired) electrons. The molecule has 0 fully saturated rings. The third kappa shape index (κ3) is 2.58. The number of aliphatic carboxylic acids is 2. The summed E-state index contributed by atoms with van der Waals surface area (Å²) < 4.78 is 0. The summed E-state index contributed by atoms with van der Waals surface area (Å²) in [5, 5.41) is 26.2. The third-order valence-corrected chi connectivity index (χ3v) is 2.16. The first-order valence-corrected chi connectivity index (χ1v) is 4.50. The molecule has 1 aromatic carbocycles. The molecule has 0 spiro atoms. The van der Waals surface area contributed by atoms with Gasteiger partial charge in [-0.1, -0.05) is 18.2 Å². The van der Waals surface area contributed by atoms with Gasteiger partial charge in [0.2, 0.25) is 0 Å². The summed E-state index contributed by atoms with van der Waals surface area (Å²) in [4.78, 5) is 21.4. The Morgan fingerprint density at radius 2 is 1.81 bits per heavy atom. The van der Waals surface area contributed by atoms with E-state index in [1.165, 1.54) is 6.07 Å². The molecule has 1 aromatic rings. The van der Waals surface area contributed by atoms with E-state index in [2.05, 4.69) is 0 Å². The van der Waals surface area contributed by atoms with Gasteiger partial charge in [-0.05, 0) is 18.1 Å². The molecule has 0 amide bonds. The van der Waals surface area contributed by atoms with Crippen LogP contribution in [0.2, 0.25) is 0 Å². The van der Waals surface area contributed by atoms with Crippen molar-refractivity contribution in [1.29, 1.82) is 5.26 Å². The van der Waals surface area contributed by atoms with E-state index in [9.17, 15) is 9.59 Å². The first-order chi connectivity index (χ1) is 7.56. The van der Waals surface area contributed by atoms with E-state index in [1.54, 1.807) is 18.2 Å². The molecule has 5 nitrogen and oxygen atoms in total. The minimum atomic E-state index is -1.52. The molecule has 0 aliphatic rings. The highest BCUT2D eigenvalue weighted by atomic mass is 16.4. The van der Waals surface area contributed by atoms with E-state index in [1.807, 2.05) is 6.07 Å². The number of nitrogens with zero attached hydrogens (tertiary/aromatic N) is 1. The van der Waals surface area contributed by atoms with Crippen LogP contribution in [0.15, 0.2) is 24.3 Å². The van der Waals surface area contributed by atoms with Gasteiger partial charge in [-0.2, -0.15) is 5.26 Å². The van der Waals surface area contributed by atoms with Gasteiger partial charge in [-0.3, -0.25) is 9.59 Å². The molecule has 0 saturated carbocycles. The van der Waals surface area contributed by atoms with E-state index in [4.69, 9.17) is 15.5 Å². The summed E-state index contributed by atoms with van der Waals surface area (Å²) >= 11 is 0. The van der Waals surface area contributed by atoms with Gasteiger partial charge < -0.3 is 10.2 Å². The first-order valence-electron chi connectivity index (χ1n) is 4.50. The lowest BCUT2D eigenvalue weighted by Gasteiger charge is -2.08. The maximum Gasteiger partial charge on any atom is 0.318 e. The van der Waals surface area contributed by atoms with Crippen molar-refractivity contribution in [2.75, 3.05) is 0 Å². The number of benzene rings is 1. The van der Waals surface area contributed by atoms with Crippen LogP contribution in [0.4, 0.5) is 0 Å². The highest BCUT2D eigenvalue weighted by molar-refractivity contribution is 5.93. The predicted molar refractivity (Wildman–Crippen MR) is 53.6 cm³/mol. The molecule has 2 N–H and O–H groups in total. The van der Waals surface area contributed by atoms with Crippen molar-refractivity contribution in [1.82, 2.24) is 0 Å². The molecule has 0 aromatic heterocycles. The van der Waals surface area contributed by atoms with Crippen LogP contribution in [0.3, 0.4) is 0 Å². The third-order valence-electron chi connectivity index (χ3n) is 2.16. The Morgan fingerprint density at radius 1 is 1.25 bits per heavy atom. The van der Waals surface area contributed by atoms with Gasteiger partial charge in [0.1, 0.15) is 0 Å². The zero-order valence-electron chi connectivity index (χ0n) is 8.25. The standard InChI is InChI=1S/C11H9NO4/c12-6-8-4-2-1-3-7(8)5-9(10(13)14)11(15)16/h1-4,9H,5H2,(H,13,14)(H,15,16). The topological polar surface area (TPSA) is 98.4 Å². The number of nitriles is 1. The molecule has 0 aliphatic carbocycles. The lowest BCUT2D eigenvalue weighted by molar-refractivity contribution is -0.154. The summed E-state index contributed by atoms with van der Waals surface area (Å²) in [6.45, 7) is 0. The molecule has 0 saturated heterocycles. The van der Waals surface area contributed by atoms with Crippen LogP contribution in [-0.4, -0.2) is 22.2 Å². The van der Waals surface area contributed by atoms with Crippen molar-refractivity contribution in [3.63, 3.8) is 0 Å². The van der Waals surface area contributed by atoms with Crippen molar-refractivity contribution < 1.29 is 19.8 Å². The average molecular weight is 219 g/mol. The zero-order valence-corrected chi connectivity index (χ0v) is 8.25. The number of carbonyl (C=O) groups is 2. The molecule has 16 heavy (non-hydrogen) atoms. The summed E-state index contributed by atoms with van der Waals surface area (Å²) in [7, 11) is 0. The normalized spacial score (nSPS) is 9.75. The second kappa shape index (κ2) is 4.94. The van der Waals surface area contributed by atoms with E-state index in [-0.39, 0.29) is 6.42 Å². The molecule has 1 rings (SSSR count). The van der Waals surface area contributed by atoms with Crippen molar-refractivity contribution >= 4 is 11.9 Å². The molecule has 5 heteroatoms. The fraction of sp³-hybridized carbons (Fsp3) is 0.182. The zero-order chi connectivity index (χ0) is 12.1. The Bertz CT molecular complexity index is 447. The quantitative estimate of drug-likeness (QED) is 0.732. The number of rotatable bonds is 4. The molecule has 0 heterocycles. The molecular weight excluding hydrogens is 210 g/mol. The molecule has 0 atom stereocenters. The number of carboxylic acid groups (broad SMARTS) is 2.